The van der Waals surface area contributed by atoms with E-state index in [4.69, 9.17) is 0 Å². The molecule has 1 fully saturated rings. The Hall–Kier alpha value is -2.66. The number of nitrogens with one attached hydrogen (secondary N) is 1. The predicted molar refractivity (Wildman–Crippen MR) is 113 cm³/mol. The summed E-state index contributed by atoms with van der Waals surface area (Å²) in [6.45, 7) is 10.6. The van der Waals surface area contributed by atoms with Crippen LogP contribution in [0, 0.1) is 20.8 Å². The molecule has 1 saturated heterocycles. The maximum absolute atomic E-state index is 13.4. The minimum Gasteiger partial charge on any atom is -0.323 e. The number of anilines is 2. The Morgan fingerprint density at radius 2 is 1.61 bits per heavy atom. The summed E-state index contributed by atoms with van der Waals surface area (Å²) in [5.74, 6) is -0.212. The monoisotopic (exact) mass is 379 g/mol. The molecule has 2 aromatic carbocycles. The molecule has 3 rings (SSSR count). The third kappa shape index (κ3) is 3.54. The number of hydrogen-bond donors (Lipinski definition) is 1. The Kier molecular flexibility index (Phi) is 5.84. The van der Waals surface area contributed by atoms with Crippen molar-refractivity contribution in [2.45, 2.75) is 53.2 Å². The van der Waals surface area contributed by atoms with Crippen LogP contribution in [0.4, 0.5) is 11.4 Å². The molecule has 5 heteroatoms. The number of para-hydroxylation sites is 2. The van der Waals surface area contributed by atoms with Gasteiger partial charge in [0.25, 0.3) is 5.91 Å². The SMILES string of the molecule is CCCN1[C@H](C(=O)Nc2c(C)cccc2C)N(c2ccccc2C)C(=O)[C@@H]1C. The highest BCUT2D eigenvalue weighted by Gasteiger charge is 2.48. The highest BCUT2D eigenvalue weighted by molar-refractivity contribution is 6.09. The van der Waals surface area contributed by atoms with Crippen LogP contribution in [0.1, 0.15) is 37.0 Å². The number of nitrogens with zero attached hydrogens (tertiary/aromatic N) is 2. The molecule has 1 N–H and O–H groups in total. The van der Waals surface area contributed by atoms with Gasteiger partial charge in [-0.25, -0.2) is 0 Å². The van der Waals surface area contributed by atoms with E-state index < -0.39 is 6.17 Å². The van der Waals surface area contributed by atoms with Gasteiger partial charge in [-0.3, -0.25) is 19.4 Å². The second-order valence-electron chi connectivity index (χ2n) is 7.54. The summed E-state index contributed by atoms with van der Waals surface area (Å²) in [7, 11) is 0. The van der Waals surface area contributed by atoms with Crippen molar-refractivity contribution in [2.24, 2.45) is 0 Å². The van der Waals surface area contributed by atoms with Gasteiger partial charge < -0.3 is 5.32 Å². The van der Waals surface area contributed by atoms with E-state index in [1.165, 1.54) is 0 Å². The molecule has 0 unspecified atom stereocenters. The zero-order chi connectivity index (χ0) is 20.4. The second kappa shape index (κ2) is 8.15. The van der Waals surface area contributed by atoms with E-state index in [0.717, 1.165) is 34.5 Å². The van der Waals surface area contributed by atoms with E-state index >= 15 is 0 Å². The summed E-state index contributed by atoms with van der Waals surface area (Å²) < 4.78 is 0. The molecule has 0 aliphatic carbocycles. The summed E-state index contributed by atoms with van der Waals surface area (Å²) in [6, 6.07) is 13.3. The first-order valence-electron chi connectivity index (χ1n) is 9.88. The zero-order valence-corrected chi connectivity index (χ0v) is 17.3. The molecule has 1 aliphatic heterocycles. The van der Waals surface area contributed by atoms with Crippen LogP contribution in [0.5, 0.6) is 0 Å². The quantitative estimate of drug-likeness (QED) is 0.854. The Balaban J connectivity index is 2.03. The minimum absolute atomic E-state index is 0.0376. The second-order valence-corrected chi connectivity index (χ2v) is 7.54. The van der Waals surface area contributed by atoms with Crippen molar-refractivity contribution < 1.29 is 9.59 Å². The summed E-state index contributed by atoms with van der Waals surface area (Å²) in [4.78, 5) is 30.3. The molecule has 2 atom stereocenters. The summed E-state index contributed by atoms with van der Waals surface area (Å²) in [6.07, 6.45) is 0.203. The predicted octanol–water partition coefficient (Wildman–Crippen LogP) is 4.02. The summed E-state index contributed by atoms with van der Waals surface area (Å²) in [5.41, 5.74) is 4.61. The number of rotatable bonds is 5. The zero-order valence-electron chi connectivity index (χ0n) is 17.3. The van der Waals surface area contributed by atoms with Crippen LogP contribution < -0.4 is 10.2 Å². The molecular weight excluding hydrogens is 350 g/mol. The van der Waals surface area contributed by atoms with Crippen molar-refractivity contribution in [1.29, 1.82) is 0 Å². The average molecular weight is 380 g/mol. The van der Waals surface area contributed by atoms with E-state index in [0.29, 0.717) is 6.54 Å². The smallest absolute Gasteiger partial charge is 0.262 e. The normalized spacial score (nSPS) is 19.9. The summed E-state index contributed by atoms with van der Waals surface area (Å²) >= 11 is 0. The van der Waals surface area contributed by atoms with Crippen LogP contribution in [-0.4, -0.2) is 35.5 Å². The lowest BCUT2D eigenvalue weighted by atomic mass is 10.1. The van der Waals surface area contributed by atoms with Crippen molar-refractivity contribution >= 4 is 23.2 Å². The van der Waals surface area contributed by atoms with Gasteiger partial charge in [-0.2, -0.15) is 0 Å². The van der Waals surface area contributed by atoms with Gasteiger partial charge >= 0.3 is 0 Å². The molecule has 0 radical (unpaired) electrons. The Bertz CT molecular complexity index is 873. The van der Waals surface area contributed by atoms with Gasteiger partial charge in [0.05, 0.1) is 6.04 Å². The molecule has 0 spiro atoms. The molecule has 5 nitrogen and oxygen atoms in total. The fraction of sp³-hybridized carbons (Fsp3) is 0.391. The van der Waals surface area contributed by atoms with Gasteiger partial charge in [0.15, 0.2) is 6.17 Å². The largest absolute Gasteiger partial charge is 0.323 e. The van der Waals surface area contributed by atoms with Crippen LogP contribution in [0.25, 0.3) is 0 Å². The minimum atomic E-state index is -0.664. The van der Waals surface area contributed by atoms with Gasteiger partial charge in [-0.1, -0.05) is 43.3 Å². The Morgan fingerprint density at radius 1 is 1.00 bits per heavy atom. The third-order valence-electron chi connectivity index (χ3n) is 5.47. The van der Waals surface area contributed by atoms with E-state index in [9.17, 15) is 9.59 Å². The van der Waals surface area contributed by atoms with E-state index in [1.54, 1.807) is 4.90 Å². The van der Waals surface area contributed by atoms with Gasteiger partial charge in [-0.05, 0) is 56.9 Å². The van der Waals surface area contributed by atoms with Crippen molar-refractivity contribution in [3.05, 3.63) is 59.2 Å². The molecule has 2 amide bonds. The summed E-state index contributed by atoms with van der Waals surface area (Å²) in [5, 5.41) is 3.09. The molecule has 0 aromatic heterocycles. The molecule has 148 valence electrons. The third-order valence-corrected chi connectivity index (χ3v) is 5.47. The van der Waals surface area contributed by atoms with Gasteiger partial charge in [0.2, 0.25) is 5.91 Å². The number of aryl methyl sites for hydroxylation is 3. The fourth-order valence-electron chi connectivity index (χ4n) is 3.95. The number of amides is 2. The van der Waals surface area contributed by atoms with Crippen molar-refractivity contribution in [3.8, 4) is 0 Å². The average Bonchev–Trinajstić information content (AvgIpc) is 2.90. The van der Waals surface area contributed by atoms with Crippen molar-refractivity contribution in [1.82, 2.24) is 4.90 Å². The van der Waals surface area contributed by atoms with E-state index in [1.807, 2.05) is 75.1 Å². The number of carbonyl (C=O) groups excluding carboxylic acids is 2. The number of benzene rings is 2. The van der Waals surface area contributed by atoms with E-state index in [-0.39, 0.29) is 17.9 Å². The lowest BCUT2D eigenvalue weighted by Gasteiger charge is -2.30. The first kappa shape index (κ1) is 20.1. The lowest BCUT2D eigenvalue weighted by molar-refractivity contribution is -0.121. The molecule has 0 saturated carbocycles. The lowest BCUT2D eigenvalue weighted by Crippen LogP contribution is -2.49. The molecular formula is C23H29N3O2. The molecule has 1 aliphatic rings. The Morgan fingerprint density at radius 3 is 2.21 bits per heavy atom. The maximum Gasteiger partial charge on any atom is 0.262 e. The van der Waals surface area contributed by atoms with Crippen LogP contribution >= 0.6 is 0 Å². The maximum atomic E-state index is 13.4. The van der Waals surface area contributed by atoms with Crippen LogP contribution in [0.2, 0.25) is 0 Å². The van der Waals surface area contributed by atoms with Crippen LogP contribution in [0.3, 0.4) is 0 Å². The first-order chi connectivity index (χ1) is 13.4. The highest BCUT2D eigenvalue weighted by Crippen LogP contribution is 2.32. The number of carbonyl (C=O) groups is 2. The first-order valence-corrected chi connectivity index (χ1v) is 9.88. The molecule has 28 heavy (non-hydrogen) atoms. The molecule has 0 bridgehead atoms. The topological polar surface area (TPSA) is 52.7 Å². The highest BCUT2D eigenvalue weighted by atomic mass is 16.2. The van der Waals surface area contributed by atoms with Gasteiger partial charge in [0.1, 0.15) is 0 Å². The Labute approximate surface area is 167 Å². The molecule has 2 aromatic rings. The van der Waals surface area contributed by atoms with Crippen molar-refractivity contribution in [3.63, 3.8) is 0 Å². The fourth-order valence-corrected chi connectivity index (χ4v) is 3.95. The standard InChI is InChI=1S/C23H29N3O2/c1-6-14-25-18(5)23(28)26(19-13-8-7-10-15(19)2)22(25)21(27)24-20-16(3)11-9-12-17(20)4/h7-13,18,22H,6,14H2,1-5H3,(H,24,27)/t18-,22-/m0/s1. The van der Waals surface area contributed by atoms with Crippen LogP contribution in [0.15, 0.2) is 42.5 Å². The van der Waals surface area contributed by atoms with E-state index in [2.05, 4.69) is 12.2 Å². The van der Waals surface area contributed by atoms with Gasteiger partial charge in [-0.15, -0.1) is 0 Å². The van der Waals surface area contributed by atoms with Crippen LogP contribution in [-0.2, 0) is 9.59 Å². The number of hydrogen-bond acceptors (Lipinski definition) is 3. The van der Waals surface area contributed by atoms with Crippen molar-refractivity contribution in [2.75, 3.05) is 16.8 Å². The molecule has 1 heterocycles. The van der Waals surface area contributed by atoms with Gasteiger partial charge in [0, 0.05) is 17.9 Å².